The number of hydrogen-bond donors (Lipinski definition) is 1. The molecule has 0 atom stereocenters. The molecule has 0 amide bonds. The van der Waals surface area contributed by atoms with Gasteiger partial charge in [0, 0.05) is 6.20 Å². The Morgan fingerprint density at radius 3 is 2.73 bits per heavy atom. The maximum Gasteiger partial charge on any atom is 0.232 e. The summed E-state index contributed by atoms with van der Waals surface area (Å²) in [6, 6.07) is 3.10. The highest BCUT2D eigenvalue weighted by Crippen LogP contribution is 2.22. The quantitative estimate of drug-likeness (QED) is 0.710. The van der Waals surface area contributed by atoms with E-state index in [0.717, 1.165) is 0 Å². The van der Waals surface area contributed by atoms with Crippen molar-refractivity contribution in [1.29, 1.82) is 0 Å². The van der Waals surface area contributed by atoms with Crippen molar-refractivity contribution in [2.75, 3.05) is 7.11 Å². The molecule has 1 aromatic rings. The molecule has 5 heteroatoms. The standard InChI is InChI=1S/C10H8N2O3/c1-15-10-6(11)9(14)7-5(8(10)13)3-2-4-12-7/h2-4H,11H2,1H3. The van der Waals surface area contributed by atoms with Crippen LogP contribution in [0.4, 0.5) is 0 Å². The number of Topliss-reactive ketones (excluding diaryl/α,β-unsaturated/α-hetero) is 2. The van der Waals surface area contributed by atoms with Crippen LogP contribution >= 0.6 is 0 Å². The second-order valence-corrected chi connectivity index (χ2v) is 3.00. The summed E-state index contributed by atoms with van der Waals surface area (Å²) in [5.74, 6) is -0.986. The molecule has 0 spiro atoms. The monoisotopic (exact) mass is 204 g/mol. The first-order chi connectivity index (χ1) is 7.16. The largest absolute Gasteiger partial charge is 0.491 e. The lowest BCUT2D eigenvalue weighted by molar-refractivity contribution is 0.0902. The molecule has 0 fully saturated rings. The van der Waals surface area contributed by atoms with E-state index in [1.54, 1.807) is 6.07 Å². The van der Waals surface area contributed by atoms with Crippen molar-refractivity contribution in [2.45, 2.75) is 0 Å². The molecule has 1 aliphatic carbocycles. The third-order valence-corrected chi connectivity index (χ3v) is 2.17. The third kappa shape index (κ3) is 1.20. The summed E-state index contributed by atoms with van der Waals surface area (Å²) in [4.78, 5) is 27.2. The number of hydrogen-bond acceptors (Lipinski definition) is 5. The number of ether oxygens (including phenoxy) is 1. The number of aromatic nitrogens is 1. The normalized spacial score (nSPS) is 15.3. The SMILES string of the molecule is COC1=C(N)C(=O)c2ncccc2C1=O. The van der Waals surface area contributed by atoms with E-state index in [1.165, 1.54) is 19.4 Å². The highest BCUT2D eigenvalue weighted by Gasteiger charge is 2.32. The molecule has 2 rings (SSSR count). The number of fused-ring (bicyclic) bond motifs is 1. The van der Waals surface area contributed by atoms with E-state index in [-0.39, 0.29) is 22.7 Å². The zero-order valence-corrected chi connectivity index (χ0v) is 7.98. The van der Waals surface area contributed by atoms with Crippen LogP contribution < -0.4 is 5.73 Å². The molecule has 1 aromatic heterocycles. The van der Waals surface area contributed by atoms with E-state index in [1.807, 2.05) is 0 Å². The summed E-state index contributed by atoms with van der Waals surface area (Å²) >= 11 is 0. The van der Waals surface area contributed by atoms with Crippen LogP contribution in [0.1, 0.15) is 20.8 Å². The molecule has 0 aliphatic heterocycles. The van der Waals surface area contributed by atoms with E-state index in [2.05, 4.69) is 4.98 Å². The number of allylic oxidation sites excluding steroid dienone is 2. The molecule has 0 radical (unpaired) electrons. The van der Waals surface area contributed by atoms with Crippen LogP contribution in [0.15, 0.2) is 29.8 Å². The summed E-state index contributed by atoms with van der Waals surface area (Å²) in [6.45, 7) is 0. The highest BCUT2D eigenvalue weighted by atomic mass is 16.5. The van der Waals surface area contributed by atoms with Gasteiger partial charge in [-0.1, -0.05) is 0 Å². The van der Waals surface area contributed by atoms with Crippen molar-refractivity contribution in [3.63, 3.8) is 0 Å². The Kier molecular flexibility index (Phi) is 2.00. The average Bonchev–Trinajstić information content (AvgIpc) is 2.27. The van der Waals surface area contributed by atoms with Gasteiger partial charge in [0.2, 0.25) is 11.6 Å². The number of carbonyl (C=O) groups is 2. The molecule has 0 unspecified atom stereocenters. The van der Waals surface area contributed by atoms with Crippen LogP contribution in [0.3, 0.4) is 0 Å². The molecule has 15 heavy (non-hydrogen) atoms. The van der Waals surface area contributed by atoms with Crippen molar-refractivity contribution in [1.82, 2.24) is 4.98 Å². The lowest BCUT2D eigenvalue weighted by atomic mass is 9.96. The van der Waals surface area contributed by atoms with Gasteiger partial charge in [-0.2, -0.15) is 0 Å². The first-order valence-electron chi connectivity index (χ1n) is 4.25. The number of pyridine rings is 1. The van der Waals surface area contributed by atoms with Gasteiger partial charge in [0.25, 0.3) is 0 Å². The molecule has 1 aliphatic rings. The predicted octanol–water partition coefficient (Wildman–Crippen LogP) is 0.277. The minimum absolute atomic E-state index is 0.0841. The van der Waals surface area contributed by atoms with Crippen LogP contribution in [0.5, 0.6) is 0 Å². The van der Waals surface area contributed by atoms with E-state index >= 15 is 0 Å². The Bertz CT molecular complexity index is 491. The van der Waals surface area contributed by atoms with Crippen molar-refractivity contribution >= 4 is 11.6 Å². The number of nitrogens with zero attached hydrogens (tertiary/aromatic N) is 1. The number of ketones is 2. The third-order valence-electron chi connectivity index (χ3n) is 2.17. The number of methoxy groups -OCH3 is 1. The zero-order valence-electron chi connectivity index (χ0n) is 7.98. The van der Waals surface area contributed by atoms with Crippen LogP contribution in [0, 0.1) is 0 Å². The topological polar surface area (TPSA) is 82.3 Å². The Morgan fingerprint density at radius 1 is 1.33 bits per heavy atom. The van der Waals surface area contributed by atoms with Crippen LogP contribution in [-0.4, -0.2) is 23.7 Å². The van der Waals surface area contributed by atoms with Gasteiger partial charge in [-0.15, -0.1) is 0 Å². The molecule has 76 valence electrons. The van der Waals surface area contributed by atoms with Crippen LogP contribution in [0.2, 0.25) is 0 Å². The lowest BCUT2D eigenvalue weighted by Crippen LogP contribution is -2.28. The van der Waals surface area contributed by atoms with Gasteiger partial charge in [-0.05, 0) is 12.1 Å². The Labute approximate surface area is 85.6 Å². The molecule has 5 nitrogen and oxygen atoms in total. The fraction of sp³-hybridized carbons (Fsp3) is 0.100. The molecular weight excluding hydrogens is 196 g/mol. The summed E-state index contributed by atoms with van der Waals surface area (Å²) in [5.41, 5.74) is 5.61. The predicted molar refractivity (Wildman–Crippen MR) is 51.1 cm³/mol. The van der Waals surface area contributed by atoms with Crippen LogP contribution in [-0.2, 0) is 4.74 Å². The summed E-state index contributed by atoms with van der Waals surface area (Å²) in [5, 5.41) is 0. The molecule has 0 saturated heterocycles. The fourth-order valence-electron chi connectivity index (χ4n) is 1.45. The second kappa shape index (κ2) is 3.20. The minimum Gasteiger partial charge on any atom is -0.491 e. The molecule has 0 saturated carbocycles. The number of carbonyl (C=O) groups excluding carboxylic acids is 2. The van der Waals surface area contributed by atoms with Crippen molar-refractivity contribution in [2.24, 2.45) is 5.73 Å². The van der Waals surface area contributed by atoms with E-state index < -0.39 is 11.6 Å². The molecule has 0 bridgehead atoms. The lowest BCUT2D eigenvalue weighted by Gasteiger charge is -2.15. The Balaban J connectivity index is 2.68. The maximum absolute atomic E-state index is 11.7. The summed E-state index contributed by atoms with van der Waals surface area (Å²) in [7, 11) is 1.30. The van der Waals surface area contributed by atoms with E-state index in [0.29, 0.717) is 0 Å². The van der Waals surface area contributed by atoms with Gasteiger partial charge >= 0.3 is 0 Å². The van der Waals surface area contributed by atoms with Gasteiger partial charge < -0.3 is 10.5 Å². The van der Waals surface area contributed by atoms with Gasteiger partial charge in [-0.25, -0.2) is 0 Å². The molecule has 0 aromatic carbocycles. The Morgan fingerprint density at radius 2 is 2.07 bits per heavy atom. The summed E-state index contributed by atoms with van der Waals surface area (Å²) < 4.78 is 4.80. The van der Waals surface area contributed by atoms with Crippen molar-refractivity contribution in [3.05, 3.63) is 41.0 Å². The van der Waals surface area contributed by atoms with Gasteiger partial charge in [0.1, 0.15) is 11.4 Å². The minimum atomic E-state index is -0.470. The average molecular weight is 204 g/mol. The van der Waals surface area contributed by atoms with E-state index in [9.17, 15) is 9.59 Å². The number of rotatable bonds is 1. The first-order valence-corrected chi connectivity index (χ1v) is 4.25. The summed E-state index contributed by atoms with van der Waals surface area (Å²) in [6.07, 6.45) is 1.44. The number of nitrogens with two attached hydrogens (primary N) is 1. The van der Waals surface area contributed by atoms with Gasteiger partial charge in [-0.3, -0.25) is 14.6 Å². The van der Waals surface area contributed by atoms with Gasteiger partial charge in [0.15, 0.2) is 5.76 Å². The Hall–Kier alpha value is -2.17. The fourth-order valence-corrected chi connectivity index (χ4v) is 1.45. The van der Waals surface area contributed by atoms with Crippen molar-refractivity contribution in [3.8, 4) is 0 Å². The van der Waals surface area contributed by atoms with Crippen molar-refractivity contribution < 1.29 is 14.3 Å². The van der Waals surface area contributed by atoms with Gasteiger partial charge in [0.05, 0.1) is 12.7 Å². The smallest absolute Gasteiger partial charge is 0.232 e. The molecule has 2 N–H and O–H groups in total. The second-order valence-electron chi connectivity index (χ2n) is 3.00. The van der Waals surface area contributed by atoms with E-state index in [4.69, 9.17) is 10.5 Å². The maximum atomic E-state index is 11.7. The molecular formula is C10H8N2O3. The highest BCUT2D eigenvalue weighted by molar-refractivity contribution is 6.24. The zero-order chi connectivity index (χ0) is 11.0. The first kappa shape index (κ1) is 9.39. The van der Waals surface area contributed by atoms with Crippen LogP contribution in [0.25, 0.3) is 0 Å². The molecule has 1 heterocycles.